The Labute approximate surface area is 322 Å². The molecule has 55 heavy (non-hydrogen) atoms. The molecule has 0 aliphatic carbocycles. The van der Waals surface area contributed by atoms with Crippen molar-refractivity contribution in [2.75, 3.05) is 0 Å². The first kappa shape index (κ1) is 31.6. The first-order valence-electron chi connectivity index (χ1n) is 18.6. The van der Waals surface area contributed by atoms with Crippen LogP contribution in [0, 0.1) is 0 Å². The minimum atomic E-state index is -0.0599. The molecule has 0 amide bonds. The number of fused-ring (bicyclic) bond motifs is 8. The summed E-state index contributed by atoms with van der Waals surface area (Å²) < 4.78 is 4.85. The molecule has 0 spiro atoms. The molecule has 0 N–H and O–H groups in total. The quantitative estimate of drug-likeness (QED) is 0.174. The van der Waals surface area contributed by atoms with Crippen molar-refractivity contribution in [3.05, 3.63) is 211 Å². The van der Waals surface area contributed by atoms with Crippen LogP contribution in [0.4, 0.5) is 0 Å². The van der Waals surface area contributed by atoms with Crippen molar-refractivity contribution in [3.63, 3.8) is 0 Å². The molecule has 0 fully saturated rings. The molecular weight excluding hydrogens is 687 g/mol. The molecule has 0 saturated carbocycles. The van der Waals surface area contributed by atoms with E-state index >= 15 is 0 Å². The van der Waals surface area contributed by atoms with Gasteiger partial charge in [0.05, 0.1) is 33.7 Å². The van der Waals surface area contributed by atoms with Crippen LogP contribution >= 0.6 is 11.3 Å². The monoisotopic (exact) mass is 719 g/mol. The molecule has 11 rings (SSSR count). The third-order valence-electron chi connectivity index (χ3n) is 11.0. The number of allylic oxidation sites excluding steroid dienone is 2. The maximum atomic E-state index is 5.37. The first-order valence-corrected chi connectivity index (χ1v) is 19.5. The highest BCUT2D eigenvalue weighted by Crippen LogP contribution is 2.44. The van der Waals surface area contributed by atoms with Crippen molar-refractivity contribution in [3.8, 4) is 16.9 Å². The van der Waals surface area contributed by atoms with Gasteiger partial charge in [0, 0.05) is 59.1 Å². The van der Waals surface area contributed by atoms with E-state index in [1.54, 1.807) is 0 Å². The van der Waals surface area contributed by atoms with Crippen LogP contribution < -0.4 is 0 Å². The molecular formula is C51H33N3S. The average molecular weight is 720 g/mol. The van der Waals surface area contributed by atoms with Crippen molar-refractivity contribution in [1.82, 2.24) is 9.55 Å². The van der Waals surface area contributed by atoms with Gasteiger partial charge < -0.3 is 4.57 Å². The maximum absolute atomic E-state index is 5.37. The molecule has 4 heterocycles. The number of thiophene rings is 1. The van der Waals surface area contributed by atoms with E-state index in [2.05, 4.69) is 187 Å². The lowest BCUT2D eigenvalue weighted by Crippen LogP contribution is -2.16. The van der Waals surface area contributed by atoms with Crippen LogP contribution in [0.2, 0.25) is 0 Å². The van der Waals surface area contributed by atoms with Crippen molar-refractivity contribution in [2.45, 2.75) is 5.92 Å². The molecule has 3 nitrogen and oxygen atoms in total. The van der Waals surface area contributed by atoms with E-state index in [4.69, 9.17) is 16.6 Å². The van der Waals surface area contributed by atoms with Crippen LogP contribution in [0.15, 0.2) is 199 Å². The molecule has 1 unspecified atom stereocenters. The zero-order valence-electron chi connectivity index (χ0n) is 29.9. The number of nitrogens with zero attached hydrogens (tertiary/aromatic N) is 3. The summed E-state index contributed by atoms with van der Waals surface area (Å²) in [4.78, 5) is 10.6. The number of rotatable bonds is 5. The second-order valence-corrected chi connectivity index (χ2v) is 15.3. The lowest BCUT2D eigenvalue weighted by atomic mass is 9.83. The van der Waals surface area contributed by atoms with Crippen LogP contribution in [0.25, 0.3) is 75.5 Å². The largest absolute Gasteiger partial charge is 0.309 e. The fraction of sp³-hybridized carbons (Fsp3) is 0.0196. The van der Waals surface area contributed by atoms with Gasteiger partial charge in [-0.2, -0.15) is 0 Å². The van der Waals surface area contributed by atoms with Crippen molar-refractivity contribution in [1.29, 1.82) is 0 Å². The van der Waals surface area contributed by atoms with Gasteiger partial charge in [0.25, 0.3) is 0 Å². The number of para-hydroxylation sites is 3. The topological polar surface area (TPSA) is 30.2 Å². The molecule has 258 valence electrons. The standard InChI is InChI=1S/C51H33N3S/c1-32-41(33-24-27-37(28-25-33)54-45-22-12-9-18-38(45)39-19-10-13-23-46(39)54)31-44(34-14-4-2-5-15-34)53-49(32)36-26-29-47-42(30-36)48-50(35-16-6-3-7-17-35)52-43-21-11-8-20-40(43)51(48)55-47/h2-31,41H,1H2. The van der Waals surface area contributed by atoms with Gasteiger partial charge in [-0.25, -0.2) is 9.98 Å². The van der Waals surface area contributed by atoms with Crippen LogP contribution in [0.3, 0.4) is 0 Å². The van der Waals surface area contributed by atoms with E-state index in [1.807, 2.05) is 11.3 Å². The van der Waals surface area contributed by atoms with Gasteiger partial charge in [0.15, 0.2) is 0 Å². The predicted octanol–water partition coefficient (Wildman–Crippen LogP) is 13.6. The third-order valence-corrected chi connectivity index (χ3v) is 12.2. The Kier molecular flexibility index (Phi) is 7.26. The normalized spacial score (nSPS) is 14.6. The summed E-state index contributed by atoms with van der Waals surface area (Å²) in [5.74, 6) is -0.0599. The molecule has 1 aliphatic heterocycles. The summed E-state index contributed by atoms with van der Waals surface area (Å²) in [6.07, 6.45) is 2.28. The van der Waals surface area contributed by atoms with Gasteiger partial charge in [0.2, 0.25) is 0 Å². The van der Waals surface area contributed by atoms with Gasteiger partial charge in [-0.05, 0) is 65.2 Å². The Balaban J connectivity index is 1.06. The van der Waals surface area contributed by atoms with Crippen LogP contribution in [0.5, 0.6) is 0 Å². The number of hydrogen-bond donors (Lipinski definition) is 0. The third kappa shape index (κ3) is 5.10. The van der Waals surface area contributed by atoms with E-state index in [0.29, 0.717) is 0 Å². The number of aliphatic imine (C=N–C) groups is 1. The summed E-state index contributed by atoms with van der Waals surface area (Å²) in [6.45, 7) is 4.76. The lowest BCUT2D eigenvalue weighted by molar-refractivity contribution is 1.03. The lowest BCUT2D eigenvalue weighted by Gasteiger charge is -2.25. The highest BCUT2D eigenvalue weighted by Gasteiger charge is 2.26. The molecule has 7 aromatic carbocycles. The number of hydrogen-bond acceptors (Lipinski definition) is 3. The summed E-state index contributed by atoms with van der Waals surface area (Å²) >= 11 is 1.84. The molecule has 0 bridgehead atoms. The number of benzene rings is 7. The fourth-order valence-corrected chi connectivity index (χ4v) is 9.62. The van der Waals surface area contributed by atoms with E-state index in [-0.39, 0.29) is 5.92 Å². The number of pyridine rings is 1. The van der Waals surface area contributed by atoms with Crippen LogP contribution in [0.1, 0.15) is 22.6 Å². The van der Waals surface area contributed by atoms with Gasteiger partial charge >= 0.3 is 0 Å². The summed E-state index contributed by atoms with van der Waals surface area (Å²) in [6, 6.07) is 62.6. The first-order chi connectivity index (χ1) is 27.2. The molecule has 3 aromatic heterocycles. The van der Waals surface area contributed by atoms with E-state index in [0.717, 1.165) is 50.6 Å². The van der Waals surface area contributed by atoms with E-state index < -0.39 is 0 Å². The fourth-order valence-electron chi connectivity index (χ4n) is 8.40. The van der Waals surface area contributed by atoms with Gasteiger partial charge in [-0.3, -0.25) is 0 Å². The SMILES string of the molecule is C=C1C(c2ccc3sc4c5ccccc5nc(-c5ccccc5)c4c3c2)=NC(c2ccccc2)=CC1c1ccc(-n2c3ccccc3c3ccccc32)cc1. The number of aromatic nitrogens is 2. The summed E-state index contributed by atoms with van der Waals surface area (Å²) in [5, 5.41) is 6.07. The Morgan fingerprint density at radius 1 is 0.545 bits per heavy atom. The van der Waals surface area contributed by atoms with Crippen molar-refractivity contribution < 1.29 is 0 Å². The molecule has 10 aromatic rings. The smallest absolute Gasteiger partial charge is 0.0802 e. The molecule has 0 radical (unpaired) electrons. The highest BCUT2D eigenvalue weighted by atomic mass is 32.1. The average Bonchev–Trinajstić information content (AvgIpc) is 3.81. The van der Waals surface area contributed by atoms with E-state index in [9.17, 15) is 0 Å². The molecule has 1 aliphatic rings. The maximum Gasteiger partial charge on any atom is 0.0802 e. The van der Waals surface area contributed by atoms with Gasteiger partial charge in [-0.15, -0.1) is 11.3 Å². The van der Waals surface area contributed by atoms with Crippen LogP contribution in [-0.2, 0) is 0 Å². The Morgan fingerprint density at radius 2 is 1.16 bits per heavy atom. The van der Waals surface area contributed by atoms with Gasteiger partial charge in [0.1, 0.15) is 0 Å². The Hall–Kier alpha value is -6.88. The molecule has 4 heteroatoms. The Morgan fingerprint density at radius 3 is 1.87 bits per heavy atom. The second-order valence-electron chi connectivity index (χ2n) is 14.2. The zero-order chi connectivity index (χ0) is 36.5. The van der Waals surface area contributed by atoms with Crippen molar-refractivity contribution in [2.24, 2.45) is 4.99 Å². The van der Waals surface area contributed by atoms with E-state index in [1.165, 1.54) is 52.9 Å². The highest BCUT2D eigenvalue weighted by molar-refractivity contribution is 7.26. The molecule has 1 atom stereocenters. The Bertz CT molecular complexity index is 3150. The van der Waals surface area contributed by atoms with Gasteiger partial charge in [-0.1, -0.05) is 140 Å². The minimum absolute atomic E-state index is 0.0599. The second kappa shape index (κ2) is 12.6. The van der Waals surface area contributed by atoms with Crippen LogP contribution in [-0.4, -0.2) is 15.3 Å². The zero-order valence-corrected chi connectivity index (χ0v) is 30.7. The predicted molar refractivity (Wildman–Crippen MR) is 234 cm³/mol. The summed E-state index contributed by atoms with van der Waals surface area (Å²) in [5.41, 5.74) is 12.8. The van der Waals surface area contributed by atoms with Crippen molar-refractivity contribution >= 4 is 75.6 Å². The minimum Gasteiger partial charge on any atom is -0.309 e. The summed E-state index contributed by atoms with van der Waals surface area (Å²) in [7, 11) is 0. The molecule has 0 saturated heterocycles.